The lowest BCUT2D eigenvalue weighted by atomic mass is 10.0. The van der Waals surface area contributed by atoms with Crippen LogP contribution in [0.4, 0.5) is 0 Å². The zero-order valence-electron chi connectivity index (χ0n) is 10.9. The van der Waals surface area contributed by atoms with Gasteiger partial charge in [-0.3, -0.25) is 9.59 Å². The third-order valence-electron chi connectivity index (χ3n) is 2.93. The van der Waals surface area contributed by atoms with E-state index < -0.39 is 11.6 Å². The van der Waals surface area contributed by atoms with Crippen LogP contribution in [-0.4, -0.2) is 18.7 Å². The first-order valence-corrected chi connectivity index (χ1v) is 7.16. The van der Waals surface area contributed by atoms with Gasteiger partial charge in [0.2, 0.25) is 11.6 Å². The van der Waals surface area contributed by atoms with E-state index in [0.717, 1.165) is 5.56 Å². The molecule has 0 heterocycles. The highest BCUT2D eigenvalue weighted by molar-refractivity contribution is 9.08. The third-order valence-corrected chi connectivity index (χ3v) is 3.58. The molecule has 0 amide bonds. The number of rotatable bonds is 5. The number of halogens is 1. The minimum Gasteiger partial charge on any atom is -0.497 e. The molecule has 0 fully saturated rings. The Morgan fingerprint density at radius 1 is 0.900 bits per heavy atom. The van der Waals surface area contributed by atoms with E-state index in [-0.39, 0.29) is 0 Å². The van der Waals surface area contributed by atoms with Crippen molar-refractivity contribution in [2.45, 2.75) is 5.33 Å². The van der Waals surface area contributed by atoms with Crippen LogP contribution in [0.3, 0.4) is 0 Å². The maximum Gasteiger partial charge on any atom is 0.233 e. The number of benzene rings is 2. The number of hydrogen-bond donors (Lipinski definition) is 0. The molecule has 2 aromatic carbocycles. The van der Waals surface area contributed by atoms with Crippen LogP contribution in [0.1, 0.15) is 26.3 Å². The van der Waals surface area contributed by atoms with Crippen LogP contribution < -0.4 is 4.74 Å². The van der Waals surface area contributed by atoms with Crippen molar-refractivity contribution in [3.05, 3.63) is 65.2 Å². The number of carbonyl (C=O) groups is 2. The summed E-state index contributed by atoms with van der Waals surface area (Å²) in [5.41, 5.74) is 1.81. The summed E-state index contributed by atoms with van der Waals surface area (Å²) in [6.45, 7) is 0. The molecule has 0 unspecified atom stereocenters. The van der Waals surface area contributed by atoms with Crippen molar-refractivity contribution in [3.8, 4) is 5.75 Å². The van der Waals surface area contributed by atoms with Crippen molar-refractivity contribution in [1.82, 2.24) is 0 Å². The van der Waals surface area contributed by atoms with Crippen LogP contribution in [-0.2, 0) is 5.33 Å². The topological polar surface area (TPSA) is 43.4 Å². The van der Waals surface area contributed by atoms with Crippen molar-refractivity contribution >= 4 is 27.5 Å². The molecule has 0 N–H and O–H groups in total. The van der Waals surface area contributed by atoms with Crippen molar-refractivity contribution in [3.63, 3.8) is 0 Å². The number of ketones is 2. The second kappa shape index (κ2) is 6.48. The number of hydrogen-bond acceptors (Lipinski definition) is 3. The standard InChI is InChI=1S/C16H13BrO3/c1-20-14-8-6-13(7-9-14)16(19)15(18)12-4-2-11(10-17)3-5-12/h2-9H,10H2,1H3. The lowest BCUT2D eigenvalue weighted by Crippen LogP contribution is -2.14. The van der Waals surface area contributed by atoms with Gasteiger partial charge in [0.1, 0.15) is 5.75 Å². The van der Waals surface area contributed by atoms with Gasteiger partial charge in [-0.1, -0.05) is 40.2 Å². The molecule has 2 aromatic rings. The summed E-state index contributed by atoms with van der Waals surface area (Å²) in [6, 6.07) is 13.5. The van der Waals surface area contributed by atoms with Crippen LogP contribution >= 0.6 is 15.9 Å². The first kappa shape index (κ1) is 14.5. The van der Waals surface area contributed by atoms with Crippen molar-refractivity contribution in [2.24, 2.45) is 0 Å². The van der Waals surface area contributed by atoms with Gasteiger partial charge in [-0.2, -0.15) is 0 Å². The maximum atomic E-state index is 12.1. The average molecular weight is 333 g/mol. The van der Waals surface area contributed by atoms with E-state index in [2.05, 4.69) is 15.9 Å². The molecule has 0 aliphatic heterocycles. The van der Waals surface area contributed by atoms with Crippen LogP contribution in [0.15, 0.2) is 48.5 Å². The molecule has 3 nitrogen and oxygen atoms in total. The molecule has 0 bridgehead atoms. The molecule has 0 saturated heterocycles. The second-order valence-corrected chi connectivity index (χ2v) is 4.78. The van der Waals surface area contributed by atoms with E-state index in [1.165, 1.54) is 0 Å². The molecule has 0 aliphatic rings. The van der Waals surface area contributed by atoms with Gasteiger partial charge in [-0.15, -0.1) is 0 Å². The van der Waals surface area contributed by atoms with Crippen LogP contribution in [0, 0.1) is 0 Å². The maximum absolute atomic E-state index is 12.1. The Labute approximate surface area is 125 Å². The number of Topliss-reactive ketones (excluding diaryl/α,β-unsaturated/α-hetero) is 2. The molecule has 20 heavy (non-hydrogen) atoms. The molecule has 0 atom stereocenters. The fourth-order valence-corrected chi connectivity index (χ4v) is 2.12. The highest BCUT2D eigenvalue weighted by Crippen LogP contribution is 2.15. The molecule has 0 spiro atoms. The monoisotopic (exact) mass is 332 g/mol. The zero-order chi connectivity index (χ0) is 14.5. The van der Waals surface area contributed by atoms with Gasteiger partial charge in [0, 0.05) is 16.5 Å². The predicted molar refractivity (Wildman–Crippen MR) is 80.7 cm³/mol. The number of alkyl halides is 1. The van der Waals surface area contributed by atoms with Gasteiger partial charge in [0.25, 0.3) is 0 Å². The molecular weight excluding hydrogens is 320 g/mol. The summed E-state index contributed by atoms with van der Waals surface area (Å²) in [7, 11) is 1.55. The average Bonchev–Trinajstić information content (AvgIpc) is 2.53. The predicted octanol–water partition coefficient (Wildman–Crippen LogP) is 3.66. The third kappa shape index (κ3) is 3.14. The minimum absolute atomic E-state index is 0.361. The molecule has 2 rings (SSSR count). The normalized spacial score (nSPS) is 10.1. The summed E-state index contributed by atoms with van der Waals surface area (Å²) in [4.78, 5) is 24.2. The molecule has 0 aliphatic carbocycles. The van der Waals surface area contributed by atoms with Crippen molar-refractivity contribution in [1.29, 1.82) is 0 Å². The van der Waals surface area contributed by atoms with E-state index in [1.54, 1.807) is 43.5 Å². The summed E-state index contributed by atoms with van der Waals surface area (Å²) in [6.07, 6.45) is 0. The molecule has 0 radical (unpaired) electrons. The van der Waals surface area contributed by atoms with Crippen molar-refractivity contribution in [2.75, 3.05) is 7.11 Å². The fourth-order valence-electron chi connectivity index (χ4n) is 1.75. The Bertz CT molecular complexity index is 558. The van der Waals surface area contributed by atoms with E-state index >= 15 is 0 Å². The van der Waals surface area contributed by atoms with Crippen LogP contribution in [0.2, 0.25) is 0 Å². The number of ether oxygens (including phenoxy) is 1. The largest absolute Gasteiger partial charge is 0.497 e. The highest BCUT2D eigenvalue weighted by atomic mass is 79.9. The lowest BCUT2D eigenvalue weighted by molar-refractivity contribution is 0.0817. The van der Waals surface area contributed by atoms with E-state index in [0.29, 0.717) is 22.2 Å². The van der Waals surface area contributed by atoms with Gasteiger partial charge in [0.15, 0.2) is 0 Å². The Morgan fingerprint density at radius 2 is 1.35 bits per heavy atom. The number of methoxy groups -OCH3 is 1. The molecule has 4 heteroatoms. The SMILES string of the molecule is COc1ccc(C(=O)C(=O)c2ccc(CBr)cc2)cc1. The summed E-state index contributed by atoms with van der Waals surface area (Å²) >= 11 is 3.33. The molecule has 0 aromatic heterocycles. The Kier molecular flexibility index (Phi) is 4.69. The summed E-state index contributed by atoms with van der Waals surface area (Å²) in [5, 5.41) is 0.716. The molecule has 102 valence electrons. The smallest absolute Gasteiger partial charge is 0.233 e. The van der Waals surface area contributed by atoms with Crippen LogP contribution in [0.25, 0.3) is 0 Å². The van der Waals surface area contributed by atoms with E-state index in [9.17, 15) is 9.59 Å². The van der Waals surface area contributed by atoms with Gasteiger partial charge < -0.3 is 4.74 Å². The summed E-state index contributed by atoms with van der Waals surface area (Å²) < 4.78 is 5.02. The van der Waals surface area contributed by atoms with Crippen molar-refractivity contribution < 1.29 is 14.3 Å². The van der Waals surface area contributed by atoms with Crippen LogP contribution in [0.5, 0.6) is 5.75 Å². The van der Waals surface area contributed by atoms with Gasteiger partial charge in [0.05, 0.1) is 7.11 Å². The number of carbonyl (C=O) groups excluding carboxylic acids is 2. The Morgan fingerprint density at radius 3 is 1.75 bits per heavy atom. The quantitative estimate of drug-likeness (QED) is 0.476. The molecular formula is C16H13BrO3. The highest BCUT2D eigenvalue weighted by Gasteiger charge is 2.18. The molecule has 0 saturated carbocycles. The second-order valence-electron chi connectivity index (χ2n) is 4.22. The first-order valence-electron chi connectivity index (χ1n) is 6.03. The van der Waals surface area contributed by atoms with Gasteiger partial charge >= 0.3 is 0 Å². The van der Waals surface area contributed by atoms with E-state index in [4.69, 9.17) is 4.74 Å². The zero-order valence-corrected chi connectivity index (χ0v) is 12.5. The Hall–Kier alpha value is -1.94. The lowest BCUT2D eigenvalue weighted by Gasteiger charge is -2.03. The van der Waals surface area contributed by atoms with Gasteiger partial charge in [-0.25, -0.2) is 0 Å². The fraction of sp³-hybridized carbons (Fsp3) is 0.125. The van der Waals surface area contributed by atoms with E-state index in [1.807, 2.05) is 12.1 Å². The minimum atomic E-state index is -0.515. The summed E-state index contributed by atoms with van der Waals surface area (Å²) in [5.74, 6) is -0.369. The Balaban J connectivity index is 2.20. The first-order chi connectivity index (χ1) is 9.65. The van der Waals surface area contributed by atoms with Gasteiger partial charge in [-0.05, 0) is 29.8 Å².